The van der Waals surface area contributed by atoms with E-state index in [1.807, 2.05) is 16.1 Å². The van der Waals surface area contributed by atoms with Gasteiger partial charge in [-0.2, -0.15) is 19.7 Å². The molecular weight excluding hydrogens is 386 g/mol. The van der Waals surface area contributed by atoms with Gasteiger partial charge >= 0.3 is 0 Å². The maximum Gasteiger partial charge on any atom is 0.268 e. The second-order valence-corrected chi connectivity index (χ2v) is 9.39. The normalized spacial score (nSPS) is 12.9. The smallest absolute Gasteiger partial charge is 0.244 e. The number of nitrogens with zero attached hydrogens (tertiary/aromatic N) is 9. The highest BCUT2D eigenvalue weighted by Gasteiger charge is 2.29. The van der Waals surface area contributed by atoms with Crippen molar-refractivity contribution in [2.45, 2.75) is 85.0 Å². The van der Waals surface area contributed by atoms with Crippen LogP contribution in [0.25, 0.3) is 5.65 Å². The molecule has 0 N–H and O–H groups in total. The van der Waals surface area contributed by atoms with Gasteiger partial charge in [0.2, 0.25) is 5.16 Å². The molecule has 0 aliphatic heterocycles. The second kappa shape index (κ2) is 8.25. The van der Waals surface area contributed by atoms with Crippen molar-refractivity contribution in [3.63, 3.8) is 0 Å². The summed E-state index contributed by atoms with van der Waals surface area (Å²) in [5.41, 5.74) is 2.33. The number of rotatable bonds is 7. The Hall–Kier alpha value is -2.23. The van der Waals surface area contributed by atoms with Crippen LogP contribution in [0.5, 0.6) is 0 Å². The van der Waals surface area contributed by atoms with Gasteiger partial charge in [0.25, 0.3) is 5.95 Å². The van der Waals surface area contributed by atoms with Gasteiger partial charge in [0.1, 0.15) is 0 Å². The van der Waals surface area contributed by atoms with Gasteiger partial charge in [-0.3, -0.25) is 0 Å². The third kappa shape index (κ3) is 4.08. The molecule has 0 amide bonds. The van der Waals surface area contributed by atoms with Gasteiger partial charge in [-0.05, 0) is 19.6 Å². The number of fused-ring (bicyclic) bond motifs is 1. The van der Waals surface area contributed by atoms with Crippen molar-refractivity contribution in [3.8, 4) is 0 Å². The van der Waals surface area contributed by atoms with Gasteiger partial charge in [-0.1, -0.05) is 53.3 Å². The van der Waals surface area contributed by atoms with E-state index in [2.05, 4.69) is 68.8 Å². The molecule has 0 atom stereocenters. The molecule has 0 unspecified atom stereocenters. The highest BCUT2D eigenvalue weighted by molar-refractivity contribution is 7.99. The third-order valence-corrected chi connectivity index (χ3v) is 5.21. The van der Waals surface area contributed by atoms with Crippen molar-refractivity contribution in [2.24, 2.45) is 10.2 Å². The molecule has 0 aliphatic rings. The average Bonchev–Trinajstić information content (AvgIpc) is 3.31. The van der Waals surface area contributed by atoms with Crippen LogP contribution in [0.15, 0.2) is 15.4 Å². The standard InChI is InChI=1S/C19H31N9S/c1-9-26-16-13(21-22-17-20-18(29-11-3)25-27(17)10-2)14(19(6,7)8)23-28(16)15(24-26)12(4)5/h12H,9-11H2,1-8H3. The number of aryl methyl sites for hydroxylation is 2. The molecule has 0 fully saturated rings. The van der Waals surface area contributed by atoms with Crippen molar-refractivity contribution >= 4 is 29.0 Å². The van der Waals surface area contributed by atoms with Crippen molar-refractivity contribution < 1.29 is 0 Å². The van der Waals surface area contributed by atoms with Crippen LogP contribution < -0.4 is 0 Å². The highest BCUT2D eigenvalue weighted by atomic mass is 32.2. The van der Waals surface area contributed by atoms with Crippen molar-refractivity contribution in [1.82, 2.24) is 34.2 Å². The fourth-order valence-corrected chi connectivity index (χ4v) is 3.63. The number of hydrogen-bond donors (Lipinski definition) is 0. The van der Waals surface area contributed by atoms with Crippen LogP contribution in [-0.4, -0.2) is 39.9 Å². The molecule has 9 nitrogen and oxygen atoms in total. The lowest BCUT2D eigenvalue weighted by molar-refractivity contribution is 0.557. The van der Waals surface area contributed by atoms with Crippen LogP contribution in [0.2, 0.25) is 0 Å². The molecule has 3 aromatic heterocycles. The van der Waals surface area contributed by atoms with Crippen LogP contribution in [-0.2, 0) is 18.5 Å². The summed E-state index contributed by atoms with van der Waals surface area (Å²) >= 11 is 1.60. The second-order valence-electron chi connectivity index (χ2n) is 8.15. The summed E-state index contributed by atoms with van der Waals surface area (Å²) in [6.07, 6.45) is 0. The van der Waals surface area contributed by atoms with Crippen LogP contribution in [0.4, 0.5) is 11.6 Å². The minimum atomic E-state index is -0.186. The highest BCUT2D eigenvalue weighted by Crippen LogP contribution is 2.36. The lowest BCUT2D eigenvalue weighted by atomic mass is 9.91. The fourth-order valence-electron chi connectivity index (χ4n) is 3.07. The molecule has 0 saturated heterocycles. The average molecular weight is 418 g/mol. The van der Waals surface area contributed by atoms with E-state index in [0.29, 0.717) is 12.5 Å². The van der Waals surface area contributed by atoms with E-state index in [4.69, 9.17) is 10.2 Å². The molecule has 3 heterocycles. The first-order chi connectivity index (χ1) is 13.7. The van der Waals surface area contributed by atoms with Crippen molar-refractivity contribution in [3.05, 3.63) is 11.5 Å². The summed E-state index contributed by atoms with van der Waals surface area (Å²) in [6.45, 7) is 18.2. The Kier molecular flexibility index (Phi) is 6.11. The fraction of sp³-hybridized carbons (Fsp3) is 0.684. The molecule has 0 bridgehead atoms. The summed E-state index contributed by atoms with van der Waals surface area (Å²) in [7, 11) is 0. The summed E-state index contributed by atoms with van der Waals surface area (Å²) in [5, 5.41) is 24.0. The predicted octanol–water partition coefficient (Wildman–Crippen LogP) is 5.11. The Bertz CT molecular complexity index is 1020. The number of thioether (sulfide) groups is 1. The van der Waals surface area contributed by atoms with Crippen LogP contribution >= 0.6 is 11.8 Å². The Morgan fingerprint density at radius 2 is 1.66 bits per heavy atom. The molecular formula is C19H31N9S. The molecule has 0 aliphatic carbocycles. The minimum Gasteiger partial charge on any atom is -0.244 e. The minimum absolute atomic E-state index is 0.186. The molecule has 158 valence electrons. The molecule has 0 aromatic carbocycles. The van der Waals surface area contributed by atoms with Gasteiger partial charge in [0, 0.05) is 24.4 Å². The lowest BCUT2D eigenvalue weighted by Crippen LogP contribution is -2.13. The zero-order valence-electron chi connectivity index (χ0n) is 18.6. The zero-order chi connectivity index (χ0) is 21.3. The molecule has 0 spiro atoms. The Morgan fingerprint density at radius 3 is 2.21 bits per heavy atom. The van der Waals surface area contributed by atoms with E-state index in [-0.39, 0.29) is 11.3 Å². The molecule has 3 aromatic rings. The Balaban J connectivity index is 2.19. The van der Waals surface area contributed by atoms with Crippen LogP contribution in [0.1, 0.15) is 72.8 Å². The van der Waals surface area contributed by atoms with Gasteiger partial charge in [-0.25, -0.2) is 9.36 Å². The molecule has 29 heavy (non-hydrogen) atoms. The monoisotopic (exact) mass is 417 g/mol. The quantitative estimate of drug-likeness (QED) is 0.393. The van der Waals surface area contributed by atoms with E-state index < -0.39 is 0 Å². The third-order valence-electron chi connectivity index (χ3n) is 4.49. The predicted molar refractivity (Wildman–Crippen MR) is 116 cm³/mol. The summed E-state index contributed by atoms with van der Waals surface area (Å²) in [4.78, 5) is 4.52. The Labute approximate surface area is 176 Å². The van der Waals surface area contributed by atoms with Gasteiger partial charge < -0.3 is 0 Å². The summed E-state index contributed by atoms with van der Waals surface area (Å²) < 4.78 is 5.65. The first kappa shape index (κ1) is 21.5. The van der Waals surface area contributed by atoms with Gasteiger partial charge in [0.15, 0.2) is 17.2 Å². The van der Waals surface area contributed by atoms with E-state index in [0.717, 1.165) is 40.3 Å². The largest absolute Gasteiger partial charge is 0.268 e. The number of hydrogen-bond acceptors (Lipinski definition) is 7. The van der Waals surface area contributed by atoms with Crippen LogP contribution in [0.3, 0.4) is 0 Å². The first-order valence-electron chi connectivity index (χ1n) is 10.2. The molecule has 3 rings (SSSR count). The van der Waals surface area contributed by atoms with E-state index in [9.17, 15) is 0 Å². The van der Waals surface area contributed by atoms with E-state index >= 15 is 0 Å². The van der Waals surface area contributed by atoms with Crippen molar-refractivity contribution in [1.29, 1.82) is 0 Å². The maximum absolute atomic E-state index is 4.90. The summed E-state index contributed by atoms with van der Waals surface area (Å²) in [5.74, 6) is 2.59. The maximum atomic E-state index is 4.90. The van der Waals surface area contributed by atoms with Crippen LogP contribution in [0, 0.1) is 0 Å². The van der Waals surface area contributed by atoms with E-state index in [1.54, 1.807) is 16.4 Å². The topological polar surface area (TPSA) is 90.5 Å². The van der Waals surface area contributed by atoms with Gasteiger partial charge in [0.05, 0.1) is 5.69 Å². The van der Waals surface area contributed by atoms with Gasteiger partial charge in [-0.15, -0.1) is 15.3 Å². The number of azo groups is 1. The SMILES string of the molecule is CCSc1nc(N=Nc2c(C(C)(C)C)nn3c(C(C)C)nn(CC)c23)n(CC)n1. The summed E-state index contributed by atoms with van der Waals surface area (Å²) in [6, 6.07) is 0. The zero-order valence-corrected chi connectivity index (χ0v) is 19.4. The number of aromatic nitrogens is 7. The van der Waals surface area contributed by atoms with Crippen molar-refractivity contribution in [2.75, 3.05) is 5.75 Å². The first-order valence-corrected chi connectivity index (χ1v) is 11.2. The van der Waals surface area contributed by atoms with E-state index in [1.165, 1.54) is 0 Å². The molecule has 0 saturated carbocycles. The molecule has 0 radical (unpaired) electrons. The Morgan fingerprint density at radius 1 is 0.966 bits per heavy atom. The molecule has 10 heteroatoms. The lowest BCUT2D eigenvalue weighted by Gasteiger charge is -2.15.